The highest BCUT2D eigenvalue weighted by Gasteiger charge is 2.63. The third-order valence-electron chi connectivity index (χ3n) is 3.56. The molecule has 0 bridgehead atoms. The highest BCUT2D eigenvalue weighted by atomic mass is 35.5. The summed E-state index contributed by atoms with van der Waals surface area (Å²) in [5.74, 6) is -8.84. The normalized spacial score (nSPS) is 36.0. The van der Waals surface area contributed by atoms with Gasteiger partial charge in [-0.25, -0.2) is 26.7 Å². The summed E-state index contributed by atoms with van der Waals surface area (Å²) in [5.41, 5.74) is -10.2. The summed E-state index contributed by atoms with van der Waals surface area (Å²) < 4.78 is 68.8. The number of aliphatic carboxylic acids is 1. The Labute approximate surface area is 117 Å². The monoisotopic (exact) mass is 320 g/mol. The average molecular weight is 321 g/mol. The summed E-state index contributed by atoms with van der Waals surface area (Å²) in [6, 6.07) is 0. The lowest BCUT2D eigenvalue weighted by Crippen LogP contribution is -2.52. The van der Waals surface area contributed by atoms with Crippen molar-refractivity contribution in [3.05, 3.63) is 11.7 Å². The molecule has 1 unspecified atom stereocenters. The molecular weight excluding hydrogens is 307 g/mol. The zero-order valence-electron chi connectivity index (χ0n) is 10.6. The van der Waals surface area contributed by atoms with Gasteiger partial charge in [0.15, 0.2) is 11.7 Å². The predicted octanol–water partition coefficient (Wildman–Crippen LogP) is 4.38. The van der Waals surface area contributed by atoms with Gasteiger partial charge in [0.1, 0.15) is 0 Å². The standard InChI is InChI=1S/C12H14ClF5O2/c1-2-3-4-6-5-11(17,10(19)20)7(14)8(15)12(6,18)9(13)16/h6,9H,2-5H2,1H3,(H,19,20)/t6-,9?,11+,12-/m1/s1. The smallest absolute Gasteiger partial charge is 0.348 e. The van der Waals surface area contributed by atoms with E-state index < -0.39 is 46.9 Å². The van der Waals surface area contributed by atoms with Gasteiger partial charge >= 0.3 is 5.97 Å². The van der Waals surface area contributed by atoms with Crippen LogP contribution in [0.15, 0.2) is 11.7 Å². The fourth-order valence-electron chi connectivity index (χ4n) is 2.32. The lowest BCUT2D eigenvalue weighted by Gasteiger charge is -2.40. The van der Waals surface area contributed by atoms with Crippen LogP contribution in [0.4, 0.5) is 22.0 Å². The minimum absolute atomic E-state index is 0.209. The molecule has 0 saturated heterocycles. The lowest BCUT2D eigenvalue weighted by atomic mass is 9.72. The van der Waals surface area contributed by atoms with Crippen LogP contribution >= 0.6 is 11.6 Å². The van der Waals surface area contributed by atoms with Gasteiger partial charge in [-0.05, 0) is 6.42 Å². The largest absolute Gasteiger partial charge is 0.479 e. The number of carboxylic acids is 1. The maximum absolute atomic E-state index is 14.4. The number of hydrogen-bond donors (Lipinski definition) is 1. The molecule has 0 aromatic carbocycles. The molecule has 0 aromatic rings. The Morgan fingerprint density at radius 3 is 2.40 bits per heavy atom. The summed E-state index contributed by atoms with van der Waals surface area (Å²) in [5, 5.41) is 8.67. The first kappa shape index (κ1) is 17.2. The second-order valence-electron chi connectivity index (χ2n) is 4.85. The van der Waals surface area contributed by atoms with E-state index in [2.05, 4.69) is 0 Å². The second-order valence-corrected chi connectivity index (χ2v) is 5.23. The Bertz CT molecular complexity index is 428. The van der Waals surface area contributed by atoms with Crippen LogP contribution in [0, 0.1) is 5.92 Å². The molecule has 1 aliphatic carbocycles. The highest BCUT2D eigenvalue weighted by Crippen LogP contribution is 2.53. The third kappa shape index (κ3) is 2.52. The summed E-state index contributed by atoms with van der Waals surface area (Å²) in [6.45, 7) is 1.70. The predicted molar refractivity (Wildman–Crippen MR) is 62.9 cm³/mol. The van der Waals surface area contributed by atoms with Gasteiger partial charge in [0.25, 0.3) is 5.67 Å². The topological polar surface area (TPSA) is 37.3 Å². The molecule has 0 spiro atoms. The van der Waals surface area contributed by atoms with Gasteiger partial charge in [-0.1, -0.05) is 31.4 Å². The molecule has 0 aromatic heterocycles. The zero-order valence-corrected chi connectivity index (χ0v) is 11.4. The summed E-state index contributed by atoms with van der Waals surface area (Å²) in [7, 11) is 0. The van der Waals surface area contributed by atoms with E-state index in [9.17, 15) is 26.7 Å². The Kier molecular flexibility index (Phi) is 5.05. The number of hydrogen-bond acceptors (Lipinski definition) is 1. The molecule has 20 heavy (non-hydrogen) atoms. The van der Waals surface area contributed by atoms with Gasteiger partial charge in [0, 0.05) is 12.3 Å². The molecule has 1 aliphatic rings. The Balaban J connectivity index is 3.35. The molecule has 116 valence electrons. The summed E-state index contributed by atoms with van der Waals surface area (Å²) >= 11 is 4.95. The van der Waals surface area contributed by atoms with Crippen molar-refractivity contribution in [2.45, 2.75) is 49.6 Å². The van der Waals surface area contributed by atoms with Crippen molar-refractivity contribution in [1.82, 2.24) is 0 Å². The van der Waals surface area contributed by atoms with E-state index in [1.54, 1.807) is 6.92 Å². The fraction of sp³-hybridized carbons (Fsp3) is 0.750. The Hall–Kier alpha value is -0.850. The molecule has 2 nitrogen and oxygen atoms in total. The molecule has 0 heterocycles. The van der Waals surface area contributed by atoms with E-state index in [1.165, 1.54) is 0 Å². The number of rotatable bonds is 5. The molecule has 0 amide bonds. The highest BCUT2D eigenvalue weighted by molar-refractivity contribution is 6.20. The van der Waals surface area contributed by atoms with E-state index in [1.807, 2.05) is 0 Å². The summed E-state index contributed by atoms with van der Waals surface area (Å²) in [6.07, 6.45) is -0.637. The first-order chi connectivity index (χ1) is 9.12. The van der Waals surface area contributed by atoms with Crippen molar-refractivity contribution in [3.63, 3.8) is 0 Å². The maximum atomic E-state index is 14.4. The molecule has 8 heteroatoms. The summed E-state index contributed by atoms with van der Waals surface area (Å²) in [4.78, 5) is 10.8. The van der Waals surface area contributed by atoms with Crippen molar-refractivity contribution >= 4 is 17.6 Å². The number of alkyl halides is 4. The molecule has 0 aliphatic heterocycles. The fourth-order valence-corrected chi connectivity index (χ4v) is 2.59. The van der Waals surface area contributed by atoms with E-state index in [0.29, 0.717) is 6.42 Å². The first-order valence-corrected chi connectivity index (χ1v) is 6.51. The van der Waals surface area contributed by atoms with Crippen molar-refractivity contribution in [3.8, 4) is 0 Å². The lowest BCUT2D eigenvalue weighted by molar-refractivity contribution is -0.154. The van der Waals surface area contributed by atoms with Gasteiger partial charge in [-0.2, -0.15) is 0 Å². The van der Waals surface area contributed by atoms with Crippen LogP contribution in [0.1, 0.15) is 32.6 Å². The Morgan fingerprint density at radius 1 is 1.45 bits per heavy atom. The van der Waals surface area contributed by atoms with Crippen LogP contribution in [0.3, 0.4) is 0 Å². The molecule has 4 atom stereocenters. The molecule has 1 rings (SSSR count). The minimum Gasteiger partial charge on any atom is -0.479 e. The van der Waals surface area contributed by atoms with Crippen LogP contribution in [0.2, 0.25) is 0 Å². The minimum atomic E-state index is -3.69. The van der Waals surface area contributed by atoms with Gasteiger partial charge in [0.05, 0.1) is 0 Å². The molecule has 0 radical (unpaired) electrons. The second kappa shape index (κ2) is 5.87. The number of halogens is 6. The van der Waals surface area contributed by atoms with Crippen LogP contribution in [0.25, 0.3) is 0 Å². The Morgan fingerprint density at radius 2 is 2.00 bits per heavy atom. The molecular formula is C12H14ClF5O2. The number of carboxylic acid groups (broad SMARTS) is 1. The molecule has 0 fully saturated rings. The molecule has 0 saturated carbocycles. The maximum Gasteiger partial charge on any atom is 0.348 e. The third-order valence-corrected chi connectivity index (χ3v) is 3.88. The van der Waals surface area contributed by atoms with E-state index in [0.717, 1.165) is 0 Å². The van der Waals surface area contributed by atoms with E-state index in [-0.39, 0.29) is 12.8 Å². The van der Waals surface area contributed by atoms with Crippen molar-refractivity contribution < 1.29 is 31.9 Å². The van der Waals surface area contributed by atoms with Gasteiger partial charge in [-0.3, -0.25) is 0 Å². The van der Waals surface area contributed by atoms with E-state index in [4.69, 9.17) is 16.7 Å². The van der Waals surface area contributed by atoms with Crippen LogP contribution in [-0.2, 0) is 4.79 Å². The van der Waals surface area contributed by atoms with Crippen molar-refractivity contribution in [2.24, 2.45) is 5.92 Å². The van der Waals surface area contributed by atoms with Crippen LogP contribution < -0.4 is 0 Å². The van der Waals surface area contributed by atoms with Gasteiger partial charge in [-0.15, -0.1) is 0 Å². The van der Waals surface area contributed by atoms with Crippen LogP contribution in [-0.4, -0.2) is 28.0 Å². The molecule has 1 N–H and O–H groups in total. The zero-order chi connectivity index (χ0) is 15.7. The average Bonchev–Trinajstić information content (AvgIpc) is 2.38. The SMILES string of the molecule is CCCC[C@@H]1C[C@@](F)(C(=O)O)C(F)=C(F)[C@@]1(F)C(F)Cl. The van der Waals surface area contributed by atoms with Crippen molar-refractivity contribution in [1.29, 1.82) is 0 Å². The number of carbonyl (C=O) groups is 1. The van der Waals surface area contributed by atoms with Crippen molar-refractivity contribution in [2.75, 3.05) is 0 Å². The van der Waals surface area contributed by atoms with Crippen LogP contribution in [0.5, 0.6) is 0 Å². The quantitative estimate of drug-likeness (QED) is 0.603. The first-order valence-electron chi connectivity index (χ1n) is 6.07. The number of allylic oxidation sites excluding steroid dienone is 1. The van der Waals surface area contributed by atoms with E-state index >= 15 is 0 Å². The number of unbranched alkanes of at least 4 members (excludes halogenated alkanes) is 1. The van der Waals surface area contributed by atoms with Gasteiger partial charge in [0.2, 0.25) is 11.3 Å². The van der Waals surface area contributed by atoms with Gasteiger partial charge < -0.3 is 5.11 Å².